The molecule has 1 saturated carbocycles. The standard InChI is InChI=1S/C23H24FN3O3S2/c1-14-11-12-17(13-20(14)32(29,30)27-19-10-6-5-9-18(19)24)21-15(2)25-23(31-21)26-22(28)16-7-3-4-8-16/h5-6,9-13,16,27H,3-4,7-8H2,1-2H3,(H,25,26,28). The van der Waals surface area contributed by atoms with Crippen molar-refractivity contribution in [2.45, 2.75) is 44.4 Å². The number of rotatable bonds is 6. The topological polar surface area (TPSA) is 88.2 Å². The van der Waals surface area contributed by atoms with Crippen molar-refractivity contribution in [1.82, 2.24) is 4.98 Å². The van der Waals surface area contributed by atoms with Gasteiger partial charge in [-0.15, -0.1) is 0 Å². The Labute approximate surface area is 191 Å². The van der Waals surface area contributed by atoms with E-state index in [4.69, 9.17) is 0 Å². The number of aromatic nitrogens is 1. The van der Waals surface area contributed by atoms with Gasteiger partial charge in [-0.3, -0.25) is 9.52 Å². The zero-order chi connectivity index (χ0) is 22.9. The third-order valence-corrected chi connectivity index (χ3v) is 8.24. The fourth-order valence-electron chi connectivity index (χ4n) is 3.89. The Bertz CT molecular complexity index is 1270. The summed E-state index contributed by atoms with van der Waals surface area (Å²) in [5, 5.41) is 3.41. The van der Waals surface area contributed by atoms with Crippen molar-refractivity contribution in [2.75, 3.05) is 10.0 Å². The molecule has 1 aliphatic rings. The Morgan fingerprint density at radius 1 is 1.12 bits per heavy atom. The predicted molar refractivity (Wildman–Crippen MR) is 125 cm³/mol. The number of amides is 1. The van der Waals surface area contributed by atoms with E-state index in [0.29, 0.717) is 22.0 Å². The molecule has 1 aliphatic carbocycles. The largest absolute Gasteiger partial charge is 0.302 e. The molecule has 6 nitrogen and oxygen atoms in total. The van der Waals surface area contributed by atoms with Gasteiger partial charge >= 0.3 is 0 Å². The van der Waals surface area contributed by atoms with Crippen LogP contribution in [-0.4, -0.2) is 19.3 Å². The van der Waals surface area contributed by atoms with Gasteiger partial charge in [-0.1, -0.05) is 48.4 Å². The number of nitrogens with zero attached hydrogens (tertiary/aromatic N) is 1. The lowest BCUT2D eigenvalue weighted by molar-refractivity contribution is -0.119. The number of carbonyl (C=O) groups excluding carboxylic acids is 1. The highest BCUT2D eigenvalue weighted by Crippen LogP contribution is 2.36. The van der Waals surface area contributed by atoms with E-state index >= 15 is 0 Å². The molecule has 1 fully saturated rings. The van der Waals surface area contributed by atoms with E-state index in [1.165, 1.54) is 29.5 Å². The minimum absolute atomic E-state index is 0.0101. The number of carbonyl (C=O) groups is 1. The number of halogens is 1. The molecule has 0 bridgehead atoms. The highest BCUT2D eigenvalue weighted by Gasteiger charge is 2.24. The number of hydrogen-bond acceptors (Lipinski definition) is 5. The van der Waals surface area contributed by atoms with Gasteiger partial charge in [-0.25, -0.2) is 17.8 Å². The van der Waals surface area contributed by atoms with Crippen LogP contribution in [0.4, 0.5) is 15.2 Å². The molecular formula is C23H24FN3O3S2. The molecule has 4 rings (SSSR count). The van der Waals surface area contributed by atoms with Gasteiger partial charge in [-0.05, 0) is 56.0 Å². The normalized spacial score (nSPS) is 14.5. The van der Waals surface area contributed by atoms with Crippen molar-refractivity contribution in [3.63, 3.8) is 0 Å². The Morgan fingerprint density at radius 2 is 1.84 bits per heavy atom. The highest BCUT2D eigenvalue weighted by atomic mass is 32.2. The maximum absolute atomic E-state index is 14.0. The summed E-state index contributed by atoms with van der Waals surface area (Å²) in [6.45, 7) is 3.51. The Balaban J connectivity index is 1.62. The minimum Gasteiger partial charge on any atom is -0.302 e. The summed E-state index contributed by atoms with van der Waals surface area (Å²) in [5.41, 5.74) is 1.80. The number of nitrogens with one attached hydrogen (secondary N) is 2. The van der Waals surface area contributed by atoms with Gasteiger partial charge in [-0.2, -0.15) is 0 Å². The van der Waals surface area contributed by atoms with Crippen LogP contribution in [0.2, 0.25) is 0 Å². The van der Waals surface area contributed by atoms with E-state index in [2.05, 4.69) is 15.0 Å². The monoisotopic (exact) mass is 473 g/mol. The third-order valence-electron chi connectivity index (χ3n) is 5.61. The summed E-state index contributed by atoms with van der Waals surface area (Å²) in [6, 6.07) is 10.7. The van der Waals surface area contributed by atoms with Crippen LogP contribution in [0.15, 0.2) is 47.4 Å². The van der Waals surface area contributed by atoms with Crippen LogP contribution in [-0.2, 0) is 14.8 Å². The van der Waals surface area contributed by atoms with E-state index in [1.807, 2.05) is 13.0 Å². The molecule has 2 aromatic carbocycles. The lowest BCUT2D eigenvalue weighted by Crippen LogP contribution is -2.20. The summed E-state index contributed by atoms with van der Waals surface area (Å²) < 4.78 is 42.3. The smallest absolute Gasteiger partial charge is 0.262 e. The van der Waals surface area contributed by atoms with Gasteiger partial charge in [0.2, 0.25) is 5.91 Å². The van der Waals surface area contributed by atoms with E-state index in [-0.39, 0.29) is 22.4 Å². The van der Waals surface area contributed by atoms with Crippen LogP contribution in [0.25, 0.3) is 10.4 Å². The predicted octanol–water partition coefficient (Wildman–Crippen LogP) is 5.50. The molecule has 9 heteroatoms. The van der Waals surface area contributed by atoms with Crippen LogP contribution in [0.3, 0.4) is 0 Å². The molecule has 0 saturated heterocycles. The minimum atomic E-state index is -4.01. The molecule has 3 aromatic rings. The van der Waals surface area contributed by atoms with Crippen molar-refractivity contribution in [1.29, 1.82) is 0 Å². The van der Waals surface area contributed by atoms with Crippen LogP contribution in [0.1, 0.15) is 36.9 Å². The molecule has 1 heterocycles. The first-order valence-electron chi connectivity index (χ1n) is 10.4. The zero-order valence-corrected chi connectivity index (χ0v) is 19.4. The van der Waals surface area contributed by atoms with Crippen LogP contribution >= 0.6 is 11.3 Å². The van der Waals surface area contributed by atoms with Gasteiger partial charge in [0.05, 0.1) is 21.2 Å². The molecule has 32 heavy (non-hydrogen) atoms. The van der Waals surface area contributed by atoms with Crippen LogP contribution in [0.5, 0.6) is 0 Å². The summed E-state index contributed by atoms with van der Waals surface area (Å²) in [7, 11) is -4.01. The quantitative estimate of drug-likeness (QED) is 0.495. The molecule has 0 unspecified atom stereocenters. The maximum atomic E-state index is 14.0. The average molecular weight is 474 g/mol. The SMILES string of the molecule is Cc1ccc(-c2sc(NC(=O)C3CCCC3)nc2C)cc1S(=O)(=O)Nc1ccccc1F. The lowest BCUT2D eigenvalue weighted by Gasteiger charge is -2.12. The molecule has 0 spiro atoms. The molecule has 0 atom stereocenters. The number of anilines is 2. The van der Waals surface area contributed by atoms with Crippen molar-refractivity contribution in [2.24, 2.45) is 5.92 Å². The Morgan fingerprint density at radius 3 is 2.56 bits per heavy atom. The summed E-state index contributed by atoms with van der Waals surface area (Å²) in [4.78, 5) is 17.7. The first kappa shape index (κ1) is 22.4. The first-order chi connectivity index (χ1) is 15.2. The van der Waals surface area contributed by atoms with Gasteiger partial charge in [0.25, 0.3) is 10.0 Å². The van der Waals surface area contributed by atoms with E-state index < -0.39 is 15.8 Å². The first-order valence-corrected chi connectivity index (χ1v) is 12.7. The van der Waals surface area contributed by atoms with E-state index in [9.17, 15) is 17.6 Å². The number of hydrogen-bond donors (Lipinski definition) is 2. The summed E-state index contributed by atoms with van der Waals surface area (Å²) >= 11 is 1.31. The summed E-state index contributed by atoms with van der Waals surface area (Å²) in [6.07, 6.45) is 3.94. The number of aryl methyl sites for hydroxylation is 2. The molecule has 0 radical (unpaired) electrons. The fourth-order valence-corrected chi connectivity index (χ4v) is 6.19. The molecular weight excluding hydrogens is 449 g/mol. The van der Waals surface area contributed by atoms with Crippen molar-refractivity contribution in [3.05, 3.63) is 59.5 Å². The Kier molecular flexibility index (Phi) is 6.30. The molecule has 1 aromatic heterocycles. The second kappa shape index (κ2) is 8.99. The van der Waals surface area contributed by atoms with Gasteiger partial charge in [0, 0.05) is 5.92 Å². The second-order valence-electron chi connectivity index (χ2n) is 7.97. The Hall–Kier alpha value is -2.78. The summed E-state index contributed by atoms with van der Waals surface area (Å²) in [5.74, 6) is -0.627. The highest BCUT2D eigenvalue weighted by molar-refractivity contribution is 7.92. The number of benzene rings is 2. The van der Waals surface area contributed by atoms with Crippen molar-refractivity contribution >= 4 is 38.1 Å². The maximum Gasteiger partial charge on any atom is 0.262 e. The van der Waals surface area contributed by atoms with E-state index in [1.54, 1.807) is 25.1 Å². The van der Waals surface area contributed by atoms with Crippen molar-refractivity contribution in [3.8, 4) is 10.4 Å². The second-order valence-corrected chi connectivity index (χ2v) is 10.6. The molecule has 2 N–H and O–H groups in total. The molecule has 1 amide bonds. The van der Waals surface area contributed by atoms with Crippen LogP contribution < -0.4 is 10.0 Å². The average Bonchev–Trinajstić information content (AvgIpc) is 3.40. The fraction of sp³-hybridized carbons (Fsp3) is 0.304. The number of para-hydroxylation sites is 1. The number of sulfonamides is 1. The van der Waals surface area contributed by atoms with Gasteiger partial charge < -0.3 is 5.32 Å². The van der Waals surface area contributed by atoms with Gasteiger partial charge in [0.1, 0.15) is 5.82 Å². The lowest BCUT2D eigenvalue weighted by atomic mass is 10.1. The molecule has 0 aliphatic heterocycles. The van der Waals surface area contributed by atoms with Crippen LogP contribution in [0, 0.1) is 25.6 Å². The number of thiazole rings is 1. The molecule has 168 valence electrons. The van der Waals surface area contributed by atoms with Crippen molar-refractivity contribution < 1.29 is 17.6 Å². The van der Waals surface area contributed by atoms with E-state index in [0.717, 1.165) is 30.6 Å². The zero-order valence-electron chi connectivity index (χ0n) is 17.8. The van der Waals surface area contributed by atoms with Gasteiger partial charge in [0.15, 0.2) is 5.13 Å². The third kappa shape index (κ3) is 4.68.